The maximum absolute atomic E-state index is 12.4. The molecule has 1 heterocycles. The van der Waals surface area contributed by atoms with Gasteiger partial charge in [-0.2, -0.15) is 13.2 Å². The van der Waals surface area contributed by atoms with Crippen molar-refractivity contribution in [1.29, 1.82) is 0 Å². The number of primary amides is 1. The Morgan fingerprint density at radius 2 is 1.83 bits per heavy atom. The number of aliphatic carboxylic acids is 1. The van der Waals surface area contributed by atoms with Gasteiger partial charge in [-0.3, -0.25) is 9.59 Å². The van der Waals surface area contributed by atoms with E-state index in [1.54, 1.807) is 24.3 Å². The topological polar surface area (TPSA) is 114 Å². The van der Waals surface area contributed by atoms with Crippen LogP contribution in [0.2, 0.25) is 0 Å². The summed E-state index contributed by atoms with van der Waals surface area (Å²) in [6.45, 7) is 1.15. The van der Waals surface area contributed by atoms with Crippen LogP contribution in [0.3, 0.4) is 0 Å². The van der Waals surface area contributed by atoms with E-state index in [0.29, 0.717) is 44.6 Å². The molecule has 0 saturated carbocycles. The van der Waals surface area contributed by atoms with Gasteiger partial charge in [-0.25, -0.2) is 0 Å². The number of carboxylic acids is 1. The molecule has 0 bridgehead atoms. The monoisotopic (exact) mass is 509 g/mol. The number of amides is 1. The Morgan fingerprint density at radius 1 is 1.11 bits per heavy atom. The van der Waals surface area contributed by atoms with E-state index < -0.39 is 24.7 Å². The number of hydrogen-bond donors (Lipinski definition) is 3. The van der Waals surface area contributed by atoms with E-state index in [1.165, 1.54) is 6.07 Å². The van der Waals surface area contributed by atoms with Crippen molar-refractivity contribution in [3.63, 3.8) is 0 Å². The largest absolute Gasteiger partial charge is 0.488 e. The molecule has 0 atom stereocenters. The average molecular weight is 510 g/mol. The zero-order valence-corrected chi connectivity index (χ0v) is 19.8. The van der Waals surface area contributed by atoms with Crippen LogP contribution in [0, 0.1) is 0 Å². The molecule has 0 aliphatic carbocycles. The van der Waals surface area contributed by atoms with Crippen LogP contribution in [-0.2, 0) is 17.6 Å². The number of fused-ring (bicyclic) bond motifs is 1. The fourth-order valence-electron chi connectivity index (χ4n) is 4.11. The first-order valence-electron chi connectivity index (χ1n) is 11.7. The molecule has 1 aliphatic rings. The van der Waals surface area contributed by atoms with E-state index in [4.69, 9.17) is 20.3 Å². The van der Waals surface area contributed by atoms with Gasteiger partial charge in [0, 0.05) is 26.1 Å². The van der Waals surface area contributed by atoms with Crippen LogP contribution in [0.4, 0.5) is 18.9 Å². The minimum absolute atomic E-state index is 0.0314. The first-order valence-corrected chi connectivity index (χ1v) is 11.7. The number of alkyl halides is 3. The maximum Gasteiger partial charge on any atom is 0.422 e. The molecule has 0 radical (unpaired) electrons. The predicted octanol–water partition coefficient (Wildman–Crippen LogP) is 3.17. The summed E-state index contributed by atoms with van der Waals surface area (Å²) in [6, 6.07) is 10.0. The average Bonchev–Trinajstić information content (AvgIpc) is 3.22. The lowest BCUT2D eigenvalue weighted by atomic mass is 10.00. The van der Waals surface area contributed by atoms with E-state index in [0.717, 1.165) is 23.2 Å². The van der Waals surface area contributed by atoms with E-state index in [1.807, 2.05) is 11.0 Å². The Balaban J connectivity index is 1.48. The third-order valence-corrected chi connectivity index (χ3v) is 5.67. The van der Waals surface area contributed by atoms with Gasteiger partial charge in [0.05, 0.1) is 11.3 Å². The lowest BCUT2D eigenvalue weighted by Gasteiger charge is -2.21. The number of nitrogens with zero attached hydrogens (tertiary/aromatic N) is 1. The van der Waals surface area contributed by atoms with Crippen LogP contribution in [0.1, 0.15) is 34.3 Å². The Kier molecular flexibility index (Phi) is 9.40. The van der Waals surface area contributed by atoms with E-state index in [-0.39, 0.29) is 24.5 Å². The quantitative estimate of drug-likeness (QED) is 0.335. The molecule has 0 aromatic heterocycles. The Hall–Kier alpha value is -3.47. The summed E-state index contributed by atoms with van der Waals surface area (Å²) in [4.78, 5) is 24.9. The van der Waals surface area contributed by atoms with Crippen molar-refractivity contribution in [3.8, 4) is 11.5 Å². The number of nitrogens with one attached hydrogen (secondary N) is 1. The van der Waals surface area contributed by atoms with Crippen molar-refractivity contribution in [2.45, 2.75) is 31.9 Å². The standard InChI is InChI=1S/C25H30F3N3O5/c26-25(27,28)16-36-21-5-2-1-4-20(21)35-13-10-30-9-7-17-14-18-8-12-31(11-3-6-22(32)33)23(18)19(15-17)24(29)34/h1-2,4-5,14-15,30H,3,6-13,16H2,(H2,29,34)(H,32,33). The molecule has 11 heteroatoms. The number of ether oxygens (including phenoxy) is 2. The molecule has 0 spiro atoms. The van der Waals surface area contributed by atoms with Gasteiger partial charge in [-0.05, 0) is 55.1 Å². The van der Waals surface area contributed by atoms with Crippen molar-refractivity contribution < 1.29 is 37.3 Å². The van der Waals surface area contributed by atoms with E-state index >= 15 is 0 Å². The number of carbonyl (C=O) groups is 2. The molecule has 1 aliphatic heterocycles. The van der Waals surface area contributed by atoms with Gasteiger partial charge >= 0.3 is 12.1 Å². The first-order chi connectivity index (χ1) is 17.1. The highest BCUT2D eigenvalue weighted by Gasteiger charge is 2.29. The number of benzene rings is 2. The molecule has 2 aromatic carbocycles. The van der Waals surface area contributed by atoms with Crippen molar-refractivity contribution in [2.24, 2.45) is 5.73 Å². The molecule has 4 N–H and O–H groups in total. The Labute approximate surface area is 207 Å². The van der Waals surface area contributed by atoms with Crippen LogP contribution < -0.4 is 25.4 Å². The summed E-state index contributed by atoms with van der Waals surface area (Å²) in [5.41, 5.74) is 8.85. The number of anilines is 1. The smallest absolute Gasteiger partial charge is 0.422 e. The Morgan fingerprint density at radius 3 is 2.50 bits per heavy atom. The third kappa shape index (κ3) is 8.04. The van der Waals surface area contributed by atoms with Crippen molar-refractivity contribution in [1.82, 2.24) is 5.32 Å². The van der Waals surface area contributed by atoms with Gasteiger partial charge in [-0.15, -0.1) is 0 Å². The first kappa shape index (κ1) is 27.1. The van der Waals surface area contributed by atoms with Crippen LogP contribution in [0.25, 0.3) is 0 Å². The summed E-state index contributed by atoms with van der Waals surface area (Å²) in [7, 11) is 0. The number of nitrogens with two attached hydrogens (primary N) is 1. The summed E-state index contributed by atoms with van der Waals surface area (Å²) in [6.07, 6.45) is -2.48. The van der Waals surface area contributed by atoms with Gasteiger partial charge in [0.25, 0.3) is 5.91 Å². The van der Waals surface area contributed by atoms with Gasteiger partial charge < -0.3 is 30.5 Å². The summed E-state index contributed by atoms with van der Waals surface area (Å²) in [5, 5.41) is 12.1. The SMILES string of the molecule is NC(=O)c1cc(CCNCCOc2ccccc2OCC(F)(F)F)cc2c1N(CCCC(=O)O)CC2. The maximum atomic E-state index is 12.4. The Bertz CT molecular complexity index is 1060. The number of halogens is 3. The normalized spacial score (nSPS) is 12.9. The second-order valence-corrected chi connectivity index (χ2v) is 8.45. The van der Waals surface area contributed by atoms with Crippen LogP contribution >= 0.6 is 0 Å². The fraction of sp³-hybridized carbons (Fsp3) is 0.440. The molecule has 0 fully saturated rings. The number of carbonyl (C=O) groups excluding carboxylic acids is 1. The van der Waals surface area contributed by atoms with Crippen molar-refractivity contribution in [3.05, 3.63) is 53.1 Å². The molecular formula is C25H30F3N3O5. The molecular weight excluding hydrogens is 479 g/mol. The van der Waals surface area contributed by atoms with E-state index in [2.05, 4.69) is 5.32 Å². The molecule has 36 heavy (non-hydrogen) atoms. The molecule has 1 amide bonds. The van der Waals surface area contributed by atoms with Crippen molar-refractivity contribution in [2.75, 3.05) is 44.3 Å². The van der Waals surface area contributed by atoms with Gasteiger partial charge in [0.2, 0.25) is 0 Å². The number of carboxylic acid groups (broad SMARTS) is 1. The molecule has 2 aromatic rings. The second-order valence-electron chi connectivity index (χ2n) is 8.45. The summed E-state index contributed by atoms with van der Waals surface area (Å²) < 4.78 is 47.6. The highest BCUT2D eigenvalue weighted by Crippen LogP contribution is 2.33. The van der Waals surface area contributed by atoms with E-state index in [9.17, 15) is 22.8 Å². The van der Waals surface area contributed by atoms with Gasteiger partial charge in [-0.1, -0.05) is 18.2 Å². The van der Waals surface area contributed by atoms with Gasteiger partial charge in [0.15, 0.2) is 18.1 Å². The fourth-order valence-corrected chi connectivity index (χ4v) is 4.11. The van der Waals surface area contributed by atoms with Crippen LogP contribution in [0.15, 0.2) is 36.4 Å². The second kappa shape index (κ2) is 12.5. The lowest BCUT2D eigenvalue weighted by molar-refractivity contribution is -0.153. The molecule has 0 unspecified atom stereocenters. The minimum Gasteiger partial charge on any atom is -0.488 e. The lowest BCUT2D eigenvalue weighted by Crippen LogP contribution is -2.26. The minimum atomic E-state index is -4.43. The number of rotatable bonds is 14. The third-order valence-electron chi connectivity index (χ3n) is 5.67. The molecule has 8 nitrogen and oxygen atoms in total. The van der Waals surface area contributed by atoms with Gasteiger partial charge in [0.1, 0.15) is 6.61 Å². The zero-order valence-electron chi connectivity index (χ0n) is 19.8. The molecule has 3 rings (SSSR count). The number of para-hydroxylation sites is 2. The van der Waals surface area contributed by atoms with Crippen LogP contribution in [0.5, 0.6) is 11.5 Å². The molecule has 0 saturated heterocycles. The predicted molar refractivity (Wildman–Crippen MR) is 128 cm³/mol. The highest BCUT2D eigenvalue weighted by atomic mass is 19.4. The molecule has 196 valence electrons. The zero-order chi connectivity index (χ0) is 26.1. The number of hydrogen-bond acceptors (Lipinski definition) is 6. The van der Waals surface area contributed by atoms with Crippen LogP contribution in [-0.4, -0.2) is 62.6 Å². The summed E-state index contributed by atoms with van der Waals surface area (Å²) >= 11 is 0. The highest BCUT2D eigenvalue weighted by molar-refractivity contribution is 6.00. The van der Waals surface area contributed by atoms with Crippen molar-refractivity contribution >= 4 is 17.6 Å². The summed E-state index contributed by atoms with van der Waals surface area (Å²) in [5.74, 6) is -1.10.